The molecule has 0 N–H and O–H groups in total. The van der Waals surface area contributed by atoms with Crippen LogP contribution in [0.25, 0.3) is 0 Å². The first-order valence-electron chi connectivity index (χ1n) is 3.02. The second-order valence-corrected chi connectivity index (χ2v) is 3.12. The van der Waals surface area contributed by atoms with Crippen molar-refractivity contribution >= 4 is 21.8 Å². The fraction of sp³-hybridized carbons (Fsp3) is 0.286. The van der Waals surface area contributed by atoms with Crippen molar-refractivity contribution in [3.05, 3.63) is 16.3 Å². The number of hydrogen-bond donors (Lipinski definition) is 0. The molecule has 0 aliphatic heterocycles. The third kappa shape index (κ3) is 1.55. The Kier molecular flexibility index (Phi) is 2.20. The molecule has 4 heteroatoms. The van der Waals surface area contributed by atoms with Crippen molar-refractivity contribution in [1.82, 2.24) is 0 Å². The standard InChI is InChI=1S/C7H7BrN2O/c1-10(2)7-6(8)3-5(4-9)11-7/h3H,1-2H3. The Hall–Kier alpha value is -0.950. The summed E-state index contributed by atoms with van der Waals surface area (Å²) in [5.74, 6) is 0.988. The molecule has 0 fully saturated rings. The monoisotopic (exact) mass is 214 g/mol. The van der Waals surface area contributed by atoms with Crippen LogP contribution in [0.15, 0.2) is 15.0 Å². The lowest BCUT2D eigenvalue weighted by atomic mass is 10.5. The molecule has 0 radical (unpaired) electrons. The van der Waals surface area contributed by atoms with Crippen molar-refractivity contribution in [2.75, 3.05) is 19.0 Å². The molecule has 0 atom stereocenters. The van der Waals surface area contributed by atoms with Gasteiger partial charge in [0, 0.05) is 20.2 Å². The minimum Gasteiger partial charge on any atom is -0.429 e. The third-order valence-electron chi connectivity index (χ3n) is 1.19. The van der Waals surface area contributed by atoms with E-state index in [4.69, 9.17) is 9.68 Å². The van der Waals surface area contributed by atoms with Gasteiger partial charge in [-0.2, -0.15) is 5.26 Å². The highest BCUT2D eigenvalue weighted by Gasteiger charge is 2.09. The quantitative estimate of drug-likeness (QED) is 0.718. The number of hydrogen-bond acceptors (Lipinski definition) is 3. The predicted molar refractivity (Wildman–Crippen MR) is 45.5 cm³/mol. The molecule has 1 rings (SSSR count). The van der Waals surface area contributed by atoms with Crippen LogP contribution in [-0.2, 0) is 0 Å². The van der Waals surface area contributed by atoms with E-state index in [0.29, 0.717) is 11.6 Å². The van der Waals surface area contributed by atoms with Crippen LogP contribution in [0.5, 0.6) is 0 Å². The summed E-state index contributed by atoms with van der Waals surface area (Å²) in [4.78, 5) is 1.80. The Morgan fingerprint density at radius 1 is 1.64 bits per heavy atom. The van der Waals surface area contributed by atoms with E-state index in [-0.39, 0.29) is 0 Å². The highest BCUT2D eigenvalue weighted by molar-refractivity contribution is 9.10. The molecule has 0 saturated carbocycles. The summed E-state index contributed by atoms with van der Waals surface area (Å²) in [6.07, 6.45) is 0. The molecular weight excluding hydrogens is 208 g/mol. The van der Waals surface area contributed by atoms with Gasteiger partial charge in [-0.1, -0.05) is 0 Å². The number of halogens is 1. The van der Waals surface area contributed by atoms with Crippen LogP contribution in [0, 0.1) is 11.3 Å². The van der Waals surface area contributed by atoms with Gasteiger partial charge < -0.3 is 9.32 Å². The van der Waals surface area contributed by atoms with Gasteiger partial charge in [0.25, 0.3) is 0 Å². The van der Waals surface area contributed by atoms with Gasteiger partial charge in [0.15, 0.2) is 0 Å². The van der Waals surface area contributed by atoms with E-state index in [1.54, 1.807) is 11.0 Å². The van der Waals surface area contributed by atoms with Gasteiger partial charge in [0.05, 0.1) is 4.47 Å². The minimum atomic E-state index is 0.320. The van der Waals surface area contributed by atoms with Gasteiger partial charge in [-0.15, -0.1) is 0 Å². The summed E-state index contributed by atoms with van der Waals surface area (Å²) in [5, 5.41) is 8.47. The molecule has 0 aromatic carbocycles. The molecule has 11 heavy (non-hydrogen) atoms. The third-order valence-corrected chi connectivity index (χ3v) is 1.75. The summed E-state index contributed by atoms with van der Waals surface area (Å²) < 4.78 is 5.95. The molecule has 0 bridgehead atoms. The van der Waals surface area contributed by atoms with E-state index in [1.165, 1.54) is 0 Å². The summed E-state index contributed by atoms with van der Waals surface area (Å²) in [6.45, 7) is 0. The molecule has 0 saturated heterocycles. The maximum Gasteiger partial charge on any atom is 0.211 e. The van der Waals surface area contributed by atoms with Crippen LogP contribution in [0.4, 0.5) is 5.88 Å². The Balaban J connectivity index is 3.09. The number of nitriles is 1. The van der Waals surface area contributed by atoms with Gasteiger partial charge in [-0.3, -0.25) is 0 Å². The Labute approximate surface area is 73.3 Å². The first-order valence-corrected chi connectivity index (χ1v) is 3.81. The molecule has 0 unspecified atom stereocenters. The highest BCUT2D eigenvalue weighted by Crippen LogP contribution is 2.27. The van der Waals surface area contributed by atoms with Crippen molar-refractivity contribution in [2.45, 2.75) is 0 Å². The molecular formula is C7H7BrN2O. The first kappa shape index (κ1) is 8.15. The molecule has 0 amide bonds. The lowest BCUT2D eigenvalue weighted by Gasteiger charge is -2.07. The predicted octanol–water partition coefficient (Wildman–Crippen LogP) is 1.98. The van der Waals surface area contributed by atoms with Crippen molar-refractivity contribution < 1.29 is 4.42 Å². The van der Waals surface area contributed by atoms with E-state index < -0.39 is 0 Å². The first-order chi connectivity index (χ1) is 5.15. The maximum absolute atomic E-state index is 8.47. The lowest BCUT2D eigenvalue weighted by Crippen LogP contribution is -2.07. The number of anilines is 1. The zero-order valence-electron chi connectivity index (χ0n) is 6.26. The van der Waals surface area contributed by atoms with Crippen molar-refractivity contribution in [2.24, 2.45) is 0 Å². The van der Waals surface area contributed by atoms with E-state index in [1.807, 2.05) is 20.2 Å². The second kappa shape index (κ2) is 2.97. The summed E-state index contributed by atoms with van der Waals surface area (Å²) in [7, 11) is 3.70. The Bertz CT molecular complexity index is 298. The second-order valence-electron chi connectivity index (χ2n) is 2.27. The zero-order valence-corrected chi connectivity index (χ0v) is 7.84. The van der Waals surface area contributed by atoms with Crippen molar-refractivity contribution in [3.8, 4) is 6.07 Å². The van der Waals surface area contributed by atoms with E-state index in [9.17, 15) is 0 Å². The van der Waals surface area contributed by atoms with Gasteiger partial charge in [-0.25, -0.2) is 0 Å². The van der Waals surface area contributed by atoms with Crippen LogP contribution in [-0.4, -0.2) is 14.1 Å². The zero-order chi connectivity index (χ0) is 8.43. The van der Waals surface area contributed by atoms with Gasteiger partial charge in [0.2, 0.25) is 11.6 Å². The number of nitrogens with zero attached hydrogens (tertiary/aromatic N) is 2. The minimum absolute atomic E-state index is 0.320. The molecule has 0 aliphatic rings. The molecule has 1 aromatic rings. The molecule has 1 heterocycles. The summed E-state index contributed by atoms with van der Waals surface area (Å²) in [5.41, 5.74) is 0. The van der Waals surface area contributed by atoms with E-state index in [0.717, 1.165) is 4.47 Å². The molecule has 0 spiro atoms. The molecule has 0 aliphatic carbocycles. The number of rotatable bonds is 1. The van der Waals surface area contributed by atoms with Crippen LogP contribution >= 0.6 is 15.9 Å². The Morgan fingerprint density at radius 2 is 2.27 bits per heavy atom. The normalized spacial score (nSPS) is 9.27. The van der Waals surface area contributed by atoms with Crippen LogP contribution in [0.2, 0.25) is 0 Å². The van der Waals surface area contributed by atoms with Gasteiger partial charge in [-0.05, 0) is 15.9 Å². The van der Waals surface area contributed by atoms with Gasteiger partial charge >= 0.3 is 0 Å². The number of furan rings is 1. The fourth-order valence-electron chi connectivity index (χ4n) is 0.719. The molecule has 58 valence electrons. The SMILES string of the molecule is CN(C)c1oc(C#N)cc1Br. The summed E-state index contributed by atoms with van der Waals surface area (Å²) >= 11 is 3.27. The van der Waals surface area contributed by atoms with Crippen LogP contribution in [0.1, 0.15) is 5.76 Å². The van der Waals surface area contributed by atoms with Crippen molar-refractivity contribution in [1.29, 1.82) is 5.26 Å². The van der Waals surface area contributed by atoms with Crippen LogP contribution < -0.4 is 4.90 Å². The van der Waals surface area contributed by atoms with E-state index >= 15 is 0 Å². The molecule has 3 nitrogen and oxygen atoms in total. The van der Waals surface area contributed by atoms with Gasteiger partial charge in [0.1, 0.15) is 6.07 Å². The van der Waals surface area contributed by atoms with Crippen LogP contribution in [0.3, 0.4) is 0 Å². The van der Waals surface area contributed by atoms with Crippen molar-refractivity contribution in [3.63, 3.8) is 0 Å². The fourth-order valence-corrected chi connectivity index (χ4v) is 1.36. The average molecular weight is 215 g/mol. The average Bonchev–Trinajstić information content (AvgIpc) is 2.30. The topological polar surface area (TPSA) is 40.2 Å². The highest BCUT2D eigenvalue weighted by atomic mass is 79.9. The smallest absolute Gasteiger partial charge is 0.211 e. The summed E-state index contributed by atoms with van der Waals surface area (Å²) in [6, 6.07) is 3.57. The largest absolute Gasteiger partial charge is 0.429 e. The maximum atomic E-state index is 8.47. The molecule has 1 aromatic heterocycles. The van der Waals surface area contributed by atoms with E-state index in [2.05, 4.69) is 15.9 Å². The lowest BCUT2D eigenvalue weighted by molar-refractivity contribution is 0.550. The Morgan fingerprint density at radius 3 is 2.55 bits per heavy atom.